The molecule has 2 aromatic rings. The lowest BCUT2D eigenvalue weighted by Crippen LogP contribution is -2.34. The summed E-state index contributed by atoms with van der Waals surface area (Å²) in [5.74, 6) is -0.193. The summed E-state index contributed by atoms with van der Waals surface area (Å²) >= 11 is 0. The van der Waals surface area contributed by atoms with Crippen molar-refractivity contribution in [3.05, 3.63) is 65.2 Å². The van der Waals surface area contributed by atoms with Gasteiger partial charge in [-0.25, -0.2) is 4.79 Å². The Morgan fingerprint density at radius 3 is 2.41 bits per heavy atom. The molecule has 2 rings (SSSR count). The van der Waals surface area contributed by atoms with E-state index in [4.69, 9.17) is 4.74 Å². The standard InChI is InChI=1S/C21H27N3O3/c1-4-27-14-17-10-8-16(9-11-17)13-22-20(25)18-6-5-7-19(12-18)24-21(26)23-15(2)3/h5-12,15H,4,13-14H2,1-3H3,(H,22,25)(H2,23,24,26). The molecule has 144 valence electrons. The first-order valence-electron chi connectivity index (χ1n) is 9.09. The molecule has 6 nitrogen and oxygen atoms in total. The van der Waals surface area contributed by atoms with Gasteiger partial charge in [-0.3, -0.25) is 4.79 Å². The highest BCUT2D eigenvalue weighted by Crippen LogP contribution is 2.11. The van der Waals surface area contributed by atoms with Crippen LogP contribution in [0.3, 0.4) is 0 Å². The molecule has 0 saturated heterocycles. The van der Waals surface area contributed by atoms with Crippen molar-refractivity contribution in [1.29, 1.82) is 0 Å². The number of ether oxygens (including phenoxy) is 1. The van der Waals surface area contributed by atoms with Crippen LogP contribution in [0.4, 0.5) is 10.5 Å². The van der Waals surface area contributed by atoms with Crippen molar-refractivity contribution in [3.8, 4) is 0 Å². The lowest BCUT2D eigenvalue weighted by molar-refractivity contribution is 0.0951. The zero-order valence-electron chi connectivity index (χ0n) is 16.0. The zero-order valence-corrected chi connectivity index (χ0v) is 16.0. The Morgan fingerprint density at radius 2 is 1.74 bits per heavy atom. The first kappa shape index (κ1) is 20.5. The van der Waals surface area contributed by atoms with Crippen molar-refractivity contribution in [2.75, 3.05) is 11.9 Å². The van der Waals surface area contributed by atoms with Gasteiger partial charge in [-0.1, -0.05) is 30.3 Å². The third-order valence-electron chi connectivity index (χ3n) is 3.75. The quantitative estimate of drug-likeness (QED) is 0.664. The topological polar surface area (TPSA) is 79.5 Å². The van der Waals surface area contributed by atoms with Crippen LogP contribution < -0.4 is 16.0 Å². The first-order chi connectivity index (χ1) is 13.0. The molecule has 0 saturated carbocycles. The van der Waals surface area contributed by atoms with Crippen LogP contribution in [0, 0.1) is 0 Å². The van der Waals surface area contributed by atoms with E-state index >= 15 is 0 Å². The minimum atomic E-state index is -0.297. The molecular formula is C21H27N3O3. The van der Waals surface area contributed by atoms with Crippen LogP contribution in [0.2, 0.25) is 0 Å². The lowest BCUT2D eigenvalue weighted by atomic mass is 10.1. The number of hydrogen-bond acceptors (Lipinski definition) is 3. The second-order valence-electron chi connectivity index (χ2n) is 6.47. The molecule has 27 heavy (non-hydrogen) atoms. The van der Waals surface area contributed by atoms with Gasteiger partial charge in [0.2, 0.25) is 0 Å². The highest BCUT2D eigenvalue weighted by Gasteiger charge is 2.08. The minimum Gasteiger partial charge on any atom is -0.377 e. The Morgan fingerprint density at radius 1 is 1.04 bits per heavy atom. The van der Waals surface area contributed by atoms with Crippen LogP contribution in [0.25, 0.3) is 0 Å². The molecule has 2 aromatic carbocycles. The number of nitrogens with one attached hydrogen (secondary N) is 3. The monoisotopic (exact) mass is 369 g/mol. The minimum absolute atomic E-state index is 0.0383. The lowest BCUT2D eigenvalue weighted by Gasteiger charge is -2.11. The van der Waals surface area contributed by atoms with Crippen molar-refractivity contribution in [2.24, 2.45) is 0 Å². The normalized spacial score (nSPS) is 10.5. The Balaban J connectivity index is 1.90. The number of carbonyl (C=O) groups excluding carboxylic acids is 2. The molecular weight excluding hydrogens is 342 g/mol. The molecule has 0 fully saturated rings. The van der Waals surface area contributed by atoms with Gasteiger partial charge in [0.05, 0.1) is 6.61 Å². The molecule has 0 aliphatic carbocycles. The Kier molecular flexibility index (Phi) is 7.82. The van der Waals surface area contributed by atoms with Crippen molar-refractivity contribution in [3.63, 3.8) is 0 Å². The molecule has 0 unspecified atom stereocenters. The van der Waals surface area contributed by atoms with Crippen molar-refractivity contribution in [1.82, 2.24) is 10.6 Å². The van der Waals surface area contributed by atoms with E-state index in [0.717, 1.165) is 11.1 Å². The van der Waals surface area contributed by atoms with Gasteiger partial charge in [-0.15, -0.1) is 0 Å². The second-order valence-corrected chi connectivity index (χ2v) is 6.47. The van der Waals surface area contributed by atoms with Crippen molar-refractivity contribution < 1.29 is 14.3 Å². The summed E-state index contributed by atoms with van der Waals surface area (Å²) in [5.41, 5.74) is 3.17. The van der Waals surface area contributed by atoms with Crippen molar-refractivity contribution >= 4 is 17.6 Å². The largest absolute Gasteiger partial charge is 0.377 e. The number of rotatable bonds is 8. The SMILES string of the molecule is CCOCc1ccc(CNC(=O)c2cccc(NC(=O)NC(C)C)c2)cc1. The molecule has 0 heterocycles. The maximum atomic E-state index is 12.4. The molecule has 3 N–H and O–H groups in total. The zero-order chi connectivity index (χ0) is 19.6. The van der Waals surface area contributed by atoms with E-state index in [1.165, 1.54) is 0 Å². The molecule has 0 radical (unpaired) electrons. The molecule has 3 amide bonds. The van der Waals surface area contributed by atoms with Gasteiger partial charge in [0.15, 0.2) is 0 Å². The fraction of sp³-hybridized carbons (Fsp3) is 0.333. The van der Waals surface area contributed by atoms with E-state index in [-0.39, 0.29) is 18.0 Å². The Hall–Kier alpha value is -2.86. The third kappa shape index (κ3) is 7.11. The molecule has 0 bridgehead atoms. The molecule has 0 aromatic heterocycles. The highest BCUT2D eigenvalue weighted by molar-refractivity contribution is 5.96. The van der Waals surface area contributed by atoms with Crippen LogP contribution >= 0.6 is 0 Å². The smallest absolute Gasteiger partial charge is 0.319 e. The summed E-state index contributed by atoms with van der Waals surface area (Å²) in [7, 11) is 0. The summed E-state index contributed by atoms with van der Waals surface area (Å²) in [6.07, 6.45) is 0. The van der Waals surface area contributed by atoms with Crippen LogP contribution in [0.15, 0.2) is 48.5 Å². The molecule has 0 aliphatic rings. The van der Waals surface area contributed by atoms with Gasteiger partial charge in [0.1, 0.15) is 0 Å². The van der Waals surface area contributed by atoms with Gasteiger partial charge < -0.3 is 20.7 Å². The summed E-state index contributed by atoms with van der Waals surface area (Å²) in [4.78, 5) is 24.2. The predicted molar refractivity (Wildman–Crippen MR) is 107 cm³/mol. The van der Waals surface area contributed by atoms with Crippen LogP contribution in [-0.4, -0.2) is 24.6 Å². The van der Waals surface area contributed by atoms with E-state index in [1.807, 2.05) is 45.0 Å². The number of hydrogen-bond donors (Lipinski definition) is 3. The Labute approximate surface area is 160 Å². The average molecular weight is 369 g/mol. The van der Waals surface area contributed by atoms with E-state index in [9.17, 15) is 9.59 Å². The third-order valence-corrected chi connectivity index (χ3v) is 3.75. The fourth-order valence-electron chi connectivity index (χ4n) is 2.43. The average Bonchev–Trinajstić information content (AvgIpc) is 2.64. The maximum Gasteiger partial charge on any atom is 0.319 e. The van der Waals surface area contributed by atoms with E-state index in [2.05, 4.69) is 16.0 Å². The highest BCUT2D eigenvalue weighted by atomic mass is 16.5. The summed E-state index contributed by atoms with van der Waals surface area (Å²) in [6.45, 7) is 7.43. The van der Waals surface area contributed by atoms with Crippen LogP contribution in [0.1, 0.15) is 42.3 Å². The van der Waals surface area contributed by atoms with E-state index < -0.39 is 0 Å². The number of carbonyl (C=O) groups is 2. The van der Waals surface area contributed by atoms with Crippen LogP contribution in [0.5, 0.6) is 0 Å². The maximum absolute atomic E-state index is 12.4. The van der Waals surface area contributed by atoms with Crippen molar-refractivity contribution in [2.45, 2.75) is 40.0 Å². The van der Waals surface area contributed by atoms with Gasteiger partial charge in [-0.05, 0) is 50.1 Å². The number of anilines is 1. The molecule has 6 heteroatoms. The van der Waals surface area contributed by atoms with Gasteiger partial charge in [0.25, 0.3) is 5.91 Å². The summed E-state index contributed by atoms with van der Waals surface area (Å²) < 4.78 is 5.37. The first-order valence-corrected chi connectivity index (χ1v) is 9.09. The summed E-state index contributed by atoms with van der Waals surface area (Å²) in [5, 5.41) is 8.36. The summed E-state index contributed by atoms with van der Waals surface area (Å²) in [6, 6.07) is 14.5. The van der Waals surface area contributed by atoms with E-state index in [1.54, 1.807) is 24.3 Å². The Bertz CT molecular complexity index is 758. The number of amides is 3. The predicted octanol–water partition coefficient (Wildman–Crippen LogP) is 3.68. The molecule has 0 spiro atoms. The number of urea groups is 1. The van der Waals surface area contributed by atoms with Gasteiger partial charge >= 0.3 is 6.03 Å². The second kappa shape index (κ2) is 10.3. The van der Waals surface area contributed by atoms with Gasteiger partial charge in [0, 0.05) is 30.4 Å². The fourth-order valence-corrected chi connectivity index (χ4v) is 2.43. The van der Waals surface area contributed by atoms with Crippen LogP contribution in [-0.2, 0) is 17.9 Å². The van der Waals surface area contributed by atoms with E-state index in [0.29, 0.717) is 31.0 Å². The molecule has 0 atom stereocenters. The number of benzene rings is 2. The molecule has 0 aliphatic heterocycles. The van der Waals surface area contributed by atoms with Gasteiger partial charge in [-0.2, -0.15) is 0 Å².